The molecule has 118 valence electrons. The van der Waals surface area contributed by atoms with Crippen molar-refractivity contribution >= 4 is 29.0 Å². The zero-order chi connectivity index (χ0) is 15.3. The molecule has 8 heteroatoms. The van der Waals surface area contributed by atoms with Crippen LogP contribution in [-0.4, -0.2) is 34.6 Å². The third-order valence-electron chi connectivity index (χ3n) is 1.59. The number of carbonyl (C=O) groups excluding carboxylic acids is 2. The van der Waals surface area contributed by atoms with Crippen LogP contribution in [-0.2, 0) is 0 Å². The average Bonchev–Trinajstić information content (AvgIpc) is 2.10. The molecule has 20 heavy (non-hydrogen) atoms. The summed E-state index contributed by atoms with van der Waals surface area (Å²) in [5.74, 6) is 0. The summed E-state index contributed by atoms with van der Waals surface area (Å²) in [4.78, 5) is 27.1. The summed E-state index contributed by atoms with van der Waals surface area (Å²) in [5, 5.41) is 8.22. The minimum absolute atomic E-state index is 0. The molecule has 0 aromatic carbocycles. The summed E-state index contributed by atoms with van der Waals surface area (Å²) in [6, 6.07) is -0.864. The number of amides is 4. The number of hydrogen-bond acceptors (Lipinski definition) is 3. The Labute approximate surface area is 125 Å². The van der Waals surface area contributed by atoms with E-state index in [0.29, 0.717) is 0 Å². The van der Waals surface area contributed by atoms with Gasteiger partial charge in [-0.25, -0.2) is 9.59 Å². The van der Waals surface area contributed by atoms with E-state index in [0.717, 1.165) is 0 Å². The molecule has 0 aliphatic carbocycles. The largest absolute Gasteiger partial charge is 0.369 e. The minimum atomic E-state index is -0.479. The number of quaternary nitrogens is 1. The van der Waals surface area contributed by atoms with Gasteiger partial charge in [0.25, 0.3) is 0 Å². The van der Waals surface area contributed by atoms with Crippen molar-refractivity contribution in [3.8, 4) is 0 Å². The van der Waals surface area contributed by atoms with Gasteiger partial charge in [-0.05, 0) is 47.8 Å². The van der Waals surface area contributed by atoms with Gasteiger partial charge in [-0.1, -0.05) is 11.8 Å². The van der Waals surface area contributed by atoms with Gasteiger partial charge in [-0.3, -0.25) is 5.32 Å². The summed E-state index contributed by atoms with van der Waals surface area (Å²) in [6.45, 7) is 11.2. The van der Waals surface area contributed by atoms with Gasteiger partial charge in [-0.15, -0.1) is 0 Å². The molecule has 0 heterocycles. The molecular formula is C12H28N5O2S+. The van der Waals surface area contributed by atoms with Crippen molar-refractivity contribution in [3.05, 3.63) is 0 Å². The zero-order valence-electron chi connectivity index (χ0n) is 13.7. The molecule has 0 unspecified atom stereocenters. The lowest BCUT2D eigenvalue weighted by atomic mass is 10.1. The van der Waals surface area contributed by atoms with Gasteiger partial charge < -0.3 is 16.8 Å². The number of aliphatic imine (C=N–C) groups is 1. The van der Waals surface area contributed by atoms with Crippen LogP contribution in [0.5, 0.6) is 0 Å². The number of nitrogens with zero attached hydrogens (tertiary/aromatic N) is 1. The highest BCUT2D eigenvalue weighted by atomic mass is 32.2. The standard InChI is InChI=1S/C12H24N4O2S.H3N/c1-11(2,3)15-8(17)13-10(19-7)14-9(18)16-12(4,5)6;/h1-7H3,(H3,13,14,15,16,17,18);1H3/p+1. The monoisotopic (exact) mass is 306 g/mol. The first-order valence-corrected chi connectivity index (χ1v) is 7.19. The lowest BCUT2D eigenvalue weighted by Crippen LogP contribution is -2.48. The van der Waals surface area contributed by atoms with Crippen molar-refractivity contribution in [1.82, 2.24) is 22.1 Å². The van der Waals surface area contributed by atoms with Crippen LogP contribution in [0.1, 0.15) is 41.5 Å². The fourth-order valence-electron chi connectivity index (χ4n) is 1.03. The van der Waals surface area contributed by atoms with E-state index in [1.807, 2.05) is 41.5 Å². The van der Waals surface area contributed by atoms with Crippen molar-refractivity contribution in [3.63, 3.8) is 0 Å². The molecule has 7 nitrogen and oxygen atoms in total. The molecule has 4 amide bonds. The third-order valence-corrected chi connectivity index (χ3v) is 2.17. The number of carbonyl (C=O) groups is 2. The van der Waals surface area contributed by atoms with Gasteiger partial charge in [0.1, 0.15) is 0 Å². The second-order valence-electron chi connectivity index (χ2n) is 6.13. The van der Waals surface area contributed by atoms with Gasteiger partial charge in [-0.2, -0.15) is 4.99 Å². The van der Waals surface area contributed by atoms with Crippen LogP contribution in [0.3, 0.4) is 0 Å². The Morgan fingerprint density at radius 1 is 0.950 bits per heavy atom. The normalized spacial score (nSPS) is 12.2. The van der Waals surface area contributed by atoms with E-state index in [9.17, 15) is 9.59 Å². The van der Waals surface area contributed by atoms with Crippen molar-refractivity contribution in [1.29, 1.82) is 0 Å². The highest BCUT2D eigenvalue weighted by molar-refractivity contribution is 8.13. The highest BCUT2D eigenvalue weighted by Gasteiger charge is 2.17. The molecule has 7 N–H and O–H groups in total. The van der Waals surface area contributed by atoms with E-state index in [-0.39, 0.29) is 28.4 Å². The smallest absolute Gasteiger partial charge is 0.343 e. The van der Waals surface area contributed by atoms with E-state index in [1.165, 1.54) is 11.8 Å². The van der Waals surface area contributed by atoms with E-state index >= 15 is 0 Å². The number of hydrogen-bond donors (Lipinski definition) is 4. The molecule has 0 atom stereocenters. The number of rotatable bonds is 0. The molecule has 0 saturated heterocycles. The Hall–Kier alpha value is -1.28. The first-order valence-electron chi connectivity index (χ1n) is 5.97. The molecule has 0 bridgehead atoms. The number of nitrogens with one attached hydrogen (secondary N) is 3. The predicted molar refractivity (Wildman–Crippen MR) is 86.6 cm³/mol. The molecule has 0 saturated carbocycles. The first-order chi connectivity index (χ1) is 8.43. The van der Waals surface area contributed by atoms with Crippen LogP contribution in [0.15, 0.2) is 4.99 Å². The van der Waals surface area contributed by atoms with Crippen LogP contribution in [0.2, 0.25) is 0 Å². The van der Waals surface area contributed by atoms with Crippen LogP contribution in [0.25, 0.3) is 0 Å². The lowest BCUT2D eigenvalue weighted by Gasteiger charge is -2.21. The van der Waals surface area contributed by atoms with E-state index in [1.54, 1.807) is 6.26 Å². The fraction of sp³-hybridized carbons (Fsp3) is 0.750. The van der Waals surface area contributed by atoms with Gasteiger partial charge in [0, 0.05) is 11.1 Å². The maximum absolute atomic E-state index is 11.6. The first kappa shape index (κ1) is 21.0. The summed E-state index contributed by atoms with van der Waals surface area (Å²) >= 11 is 1.20. The average molecular weight is 306 g/mol. The maximum atomic E-state index is 11.6. The number of amidine groups is 1. The summed E-state index contributed by atoms with van der Waals surface area (Å²) in [5.41, 5.74) is -0.709. The van der Waals surface area contributed by atoms with Crippen molar-refractivity contribution in [2.45, 2.75) is 52.6 Å². The predicted octanol–water partition coefficient (Wildman–Crippen LogP) is 2.69. The molecule has 0 aromatic heterocycles. The Kier molecular flexibility index (Phi) is 8.52. The van der Waals surface area contributed by atoms with Crippen LogP contribution in [0, 0.1) is 0 Å². The Morgan fingerprint density at radius 2 is 1.40 bits per heavy atom. The molecule has 0 aromatic rings. The maximum Gasteiger partial charge on any atom is 0.343 e. The van der Waals surface area contributed by atoms with Crippen molar-refractivity contribution in [2.24, 2.45) is 4.99 Å². The lowest BCUT2D eigenvalue weighted by molar-refractivity contribution is 0.236. The molecule has 0 spiro atoms. The summed E-state index contributed by atoms with van der Waals surface area (Å²) < 4.78 is 0. The summed E-state index contributed by atoms with van der Waals surface area (Å²) in [6.07, 6.45) is 1.74. The Balaban J connectivity index is 0. The SMILES string of the molecule is CSC(=NC(=O)NC(C)(C)C)NC(=O)NC(C)(C)C.[NH4+]. The van der Waals surface area contributed by atoms with Crippen LogP contribution in [0.4, 0.5) is 9.59 Å². The van der Waals surface area contributed by atoms with Crippen molar-refractivity contribution < 1.29 is 9.59 Å². The molecular weight excluding hydrogens is 278 g/mol. The molecule has 0 aliphatic heterocycles. The van der Waals surface area contributed by atoms with Crippen LogP contribution >= 0.6 is 11.8 Å². The van der Waals surface area contributed by atoms with E-state index < -0.39 is 6.03 Å². The Bertz CT molecular complexity index is 369. The van der Waals surface area contributed by atoms with E-state index in [2.05, 4.69) is 20.9 Å². The zero-order valence-corrected chi connectivity index (χ0v) is 14.5. The molecule has 0 aliphatic rings. The van der Waals surface area contributed by atoms with Gasteiger partial charge in [0.15, 0.2) is 5.17 Å². The fourth-order valence-corrected chi connectivity index (χ4v) is 1.40. The van der Waals surface area contributed by atoms with Crippen LogP contribution < -0.4 is 22.1 Å². The van der Waals surface area contributed by atoms with E-state index in [4.69, 9.17) is 0 Å². The molecule has 0 fully saturated rings. The topological polar surface area (TPSA) is 119 Å². The second-order valence-corrected chi connectivity index (χ2v) is 6.93. The van der Waals surface area contributed by atoms with Gasteiger partial charge >= 0.3 is 12.1 Å². The number of urea groups is 2. The molecule has 0 radical (unpaired) electrons. The Morgan fingerprint density at radius 3 is 1.75 bits per heavy atom. The minimum Gasteiger partial charge on any atom is -0.369 e. The highest BCUT2D eigenvalue weighted by Crippen LogP contribution is 2.02. The quantitative estimate of drug-likeness (QED) is 0.407. The van der Waals surface area contributed by atoms with Crippen molar-refractivity contribution in [2.75, 3.05) is 6.26 Å². The van der Waals surface area contributed by atoms with Gasteiger partial charge in [0.05, 0.1) is 0 Å². The second kappa shape index (κ2) is 8.11. The molecule has 0 rings (SSSR count). The third kappa shape index (κ3) is 11.8. The summed E-state index contributed by atoms with van der Waals surface area (Å²) in [7, 11) is 0. The van der Waals surface area contributed by atoms with Gasteiger partial charge in [0.2, 0.25) is 0 Å². The number of thioether (sulfide) groups is 1.